The molecular formula is C43H40N2. The molecule has 0 atom stereocenters. The predicted molar refractivity (Wildman–Crippen MR) is 197 cm³/mol. The van der Waals surface area contributed by atoms with Crippen LogP contribution in [0.1, 0.15) is 43.2 Å². The van der Waals surface area contributed by atoms with E-state index in [9.17, 15) is 0 Å². The number of benzene rings is 3. The van der Waals surface area contributed by atoms with Crippen molar-refractivity contribution >= 4 is 35.2 Å². The first-order valence-electron chi connectivity index (χ1n) is 15.1. The second-order valence-corrected chi connectivity index (χ2v) is 10.7. The molecule has 0 amide bonds. The number of allylic oxidation sites excluding steroid dienone is 9. The molecule has 0 aliphatic rings. The molecule has 2 heterocycles. The highest BCUT2D eigenvalue weighted by molar-refractivity contribution is 5.96. The summed E-state index contributed by atoms with van der Waals surface area (Å²) in [4.78, 5) is 9.06. The molecule has 222 valence electrons. The van der Waals surface area contributed by atoms with Gasteiger partial charge in [-0.15, -0.1) is 0 Å². The third kappa shape index (κ3) is 10.9. The zero-order valence-corrected chi connectivity index (χ0v) is 26.3. The van der Waals surface area contributed by atoms with E-state index >= 15 is 0 Å². The molecule has 2 aromatic heterocycles. The first-order chi connectivity index (χ1) is 22.0. The summed E-state index contributed by atoms with van der Waals surface area (Å²) in [5.74, 6) is 0. The van der Waals surface area contributed by atoms with E-state index in [1.165, 1.54) is 27.8 Å². The Labute approximate surface area is 268 Å². The van der Waals surface area contributed by atoms with Crippen LogP contribution in [0.15, 0.2) is 170 Å². The highest BCUT2D eigenvalue weighted by Crippen LogP contribution is 2.30. The number of rotatable bonds is 9. The first kappa shape index (κ1) is 32.3. The lowest BCUT2D eigenvalue weighted by Crippen LogP contribution is -1.89. The summed E-state index contributed by atoms with van der Waals surface area (Å²) >= 11 is 0. The minimum absolute atomic E-state index is 0.922. The van der Waals surface area contributed by atoms with Gasteiger partial charge in [-0.25, -0.2) is 4.98 Å². The van der Waals surface area contributed by atoms with E-state index in [1.54, 1.807) is 12.3 Å². The van der Waals surface area contributed by atoms with Gasteiger partial charge in [0.05, 0.1) is 11.2 Å². The zero-order chi connectivity index (χ0) is 31.7. The molecule has 0 aliphatic carbocycles. The molecular weight excluding hydrogens is 544 g/mol. The number of hydrogen-bond acceptors (Lipinski definition) is 2. The molecule has 5 aromatic rings. The Morgan fingerprint density at radius 3 is 1.96 bits per heavy atom. The Balaban J connectivity index is 0.000000448. The maximum Gasteiger partial charge on any atom is 0.0715 e. The molecule has 0 unspecified atom stereocenters. The van der Waals surface area contributed by atoms with Gasteiger partial charge in [-0.05, 0) is 78.9 Å². The largest absolute Gasteiger partial charge is 0.264 e. The molecule has 0 saturated heterocycles. The van der Waals surface area contributed by atoms with E-state index < -0.39 is 0 Å². The highest BCUT2D eigenvalue weighted by atomic mass is 14.7. The lowest BCUT2D eigenvalue weighted by Gasteiger charge is -2.09. The van der Waals surface area contributed by atoms with Crippen molar-refractivity contribution in [3.63, 3.8) is 0 Å². The van der Waals surface area contributed by atoms with Crippen molar-refractivity contribution < 1.29 is 0 Å². The molecule has 0 spiro atoms. The van der Waals surface area contributed by atoms with E-state index in [-0.39, 0.29) is 0 Å². The Kier molecular flexibility index (Phi) is 12.6. The van der Waals surface area contributed by atoms with Crippen LogP contribution in [0.2, 0.25) is 0 Å². The summed E-state index contributed by atoms with van der Waals surface area (Å²) in [6.07, 6.45) is 26.0. The van der Waals surface area contributed by atoms with Crippen LogP contribution < -0.4 is 0 Å². The Bertz CT molecular complexity index is 1850. The van der Waals surface area contributed by atoms with Crippen LogP contribution >= 0.6 is 0 Å². The molecule has 5 rings (SSSR count). The summed E-state index contributed by atoms with van der Waals surface area (Å²) in [5, 5.41) is 1.14. The number of nitrogens with zero attached hydrogens (tertiary/aromatic N) is 2. The summed E-state index contributed by atoms with van der Waals surface area (Å²) < 4.78 is 0. The fraction of sp³-hybridized carbons (Fsp3) is 0.0698. The third-order valence-corrected chi connectivity index (χ3v) is 6.67. The molecule has 0 aliphatic heterocycles. The Morgan fingerprint density at radius 1 is 0.644 bits per heavy atom. The van der Waals surface area contributed by atoms with Gasteiger partial charge in [0.2, 0.25) is 0 Å². The number of fused-ring (bicyclic) bond motifs is 1. The van der Waals surface area contributed by atoms with Crippen molar-refractivity contribution in [3.8, 4) is 11.1 Å². The molecule has 0 fully saturated rings. The standard InChI is InChI=1S/C34H26N2.C9H14/c1-3-12-27(13-4-1)14-7-8-15-28-21-22-34-33(24-28)32(30-18-5-2-6-19-30)25-31(36-34)20-10-9-16-29-17-11-23-35-26-29;1-5-6-9(4)7-8(2)3/h1-26H;5-7H,1H2,2-4H3/b14-7+,15-8+,16-9+,20-10+;9-6+. The van der Waals surface area contributed by atoms with Gasteiger partial charge in [0.25, 0.3) is 0 Å². The quantitative estimate of drug-likeness (QED) is 0.161. The smallest absolute Gasteiger partial charge is 0.0715 e. The van der Waals surface area contributed by atoms with Gasteiger partial charge in [-0.3, -0.25) is 4.98 Å². The van der Waals surface area contributed by atoms with Crippen molar-refractivity contribution in [2.24, 2.45) is 0 Å². The Hall–Kier alpha value is -5.60. The SMILES string of the molecule is C(/C=C/c1ccc2nc(/C=C/C=C/c3cccnc3)cc(-c3ccccc3)c2c1)=C\c1ccccc1.C=C/C=C(\C)C=C(C)C. The van der Waals surface area contributed by atoms with E-state index in [2.05, 4.69) is 123 Å². The van der Waals surface area contributed by atoms with Crippen LogP contribution in [0.5, 0.6) is 0 Å². The maximum absolute atomic E-state index is 4.91. The minimum Gasteiger partial charge on any atom is -0.264 e. The van der Waals surface area contributed by atoms with Gasteiger partial charge in [-0.1, -0.05) is 151 Å². The van der Waals surface area contributed by atoms with Crippen LogP contribution in [0, 0.1) is 0 Å². The van der Waals surface area contributed by atoms with Crippen molar-refractivity contribution in [1.82, 2.24) is 9.97 Å². The summed E-state index contributed by atoms with van der Waals surface area (Å²) in [6, 6.07) is 33.4. The second-order valence-electron chi connectivity index (χ2n) is 10.7. The van der Waals surface area contributed by atoms with Crippen molar-refractivity contribution in [2.75, 3.05) is 0 Å². The van der Waals surface area contributed by atoms with Crippen LogP contribution in [0.25, 0.3) is 46.3 Å². The lowest BCUT2D eigenvalue weighted by molar-refractivity contribution is 1.32. The molecule has 0 bridgehead atoms. The van der Waals surface area contributed by atoms with Crippen molar-refractivity contribution in [3.05, 3.63) is 192 Å². The van der Waals surface area contributed by atoms with Crippen LogP contribution in [0.3, 0.4) is 0 Å². The number of pyridine rings is 2. The number of hydrogen-bond donors (Lipinski definition) is 0. The lowest BCUT2D eigenvalue weighted by atomic mass is 9.98. The fourth-order valence-corrected chi connectivity index (χ4v) is 4.69. The number of aromatic nitrogens is 2. The molecule has 0 N–H and O–H groups in total. The van der Waals surface area contributed by atoms with E-state index in [4.69, 9.17) is 4.98 Å². The molecule has 0 saturated carbocycles. The average molecular weight is 585 g/mol. The van der Waals surface area contributed by atoms with Gasteiger partial charge < -0.3 is 0 Å². The van der Waals surface area contributed by atoms with Crippen molar-refractivity contribution in [2.45, 2.75) is 20.8 Å². The molecule has 2 nitrogen and oxygen atoms in total. The van der Waals surface area contributed by atoms with Gasteiger partial charge in [0, 0.05) is 17.8 Å². The second kappa shape index (κ2) is 17.5. The van der Waals surface area contributed by atoms with Gasteiger partial charge in [0.1, 0.15) is 0 Å². The average Bonchev–Trinajstić information content (AvgIpc) is 3.06. The van der Waals surface area contributed by atoms with E-state index in [0.717, 1.165) is 27.7 Å². The monoisotopic (exact) mass is 584 g/mol. The van der Waals surface area contributed by atoms with E-state index in [1.807, 2.05) is 73.0 Å². The molecule has 45 heavy (non-hydrogen) atoms. The van der Waals surface area contributed by atoms with Crippen LogP contribution in [0.4, 0.5) is 0 Å². The van der Waals surface area contributed by atoms with Gasteiger partial charge >= 0.3 is 0 Å². The highest BCUT2D eigenvalue weighted by Gasteiger charge is 2.07. The topological polar surface area (TPSA) is 25.8 Å². The summed E-state index contributed by atoms with van der Waals surface area (Å²) in [6.45, 7) is 9.83. The van der Waals surface area contributed by atoms with Crippen molar-refractivity contribution in [1.29, 1.82) is 0 Å². The van der Waals surface area contributed by atoms with Crippen LogP contribution in [-0.2, 0) is 0 Å². The fourth-order valence-electron chi connectivity index (χ4n) is 4.69. The normalized spacial score (nSPS) is 11.8. The van der Waals surface area contributed by atoms with Crippen LogP contribution in [-0.4, -0.2) is 9.97 Å². The summed E-state index contributed by atoms with van der Waals surface area (Å²) in [5.41, 5.74) is 10.2. The summed E-state index contributed by atoms with van der Waals surface area (Å²) in [7, 11) is 0. The molecule has 0 radical (unpaired) electrons. The minimum atomic E-state index is 0.922. The third-order valence-electron chi connectivity index (χ3n) is 6.67. The van der Waals surface area contributed by atoms with Gasteiger partial charge in [0.15, 0.2) is 0 Å². The molecule has 3 aromatic carbocycles. The predicted octanol–water partition coefficient (Wildman–Crippen LogP) is 11.8. The zero-order valence-electron chi connectivity index (χ0n) is 26.3. The first-order valence-corrected chi connectivity index (χ1v) is 15.1. The maximum atomic E-state index is 4.91. The van der Waals surface area contributed by atoms with E-state index in [0.29, 0.717) is 0 Å². The molecule has 2 heteroatoms. The van der Waals surface area contributed by atoms with Gasteiger partial charge in [-0.2, -0.15) is 0 Å². The Morgan fingerprint density at radius 2 is 1.29 bits per heavy atom.